The number of rotatable bonds is 5. The number of hydrogen-bond acceptors (Lipinski definition) is 4. The Morgan fingerprint density at radius 3 is 2.42 bits per heavy atom. The minimum Gasteiger partial charge on any atom is -0.473 e. The molecule has 182 valence electrons. The molecule has 0 aliphatic carbocycles. The summed E-state index contributed by atoms with van der Waals surface area (Å²) in [5.41, 5.74) is 4.98. The summed E-state index contributed by atoms with van der Waals surface area (Å²) in [6, 6.07) is 28.6. The third kappa shape index (κ3) is 4.79. The molecule has 0 aromatic heterocycles. The van der Waals surface area contributed by atoms with Gasteiger partial charge in [-0.05, 0) is 84.7 Å². The number of anilines is 2. The molecule has 5 heteroatoms. The molecule has 0 unspecified atom stereocenters. The fraction of sp³-hybridized carbons (Fsp3) is 0.258. The molecule has 2 heterocycles. The van der Waals surface area contributed by atoms with Gasteiger partial charge in [0, 0.05) is 29.0 Å². The second-order valence-electron chi connectivity index (χ2n) is 9.77. The SMILES string of the molecule is O=C(Nc1ccc(CN2CCCCC2)cc1)c1ccc(N2COc3ccc4ccccc4c3C2)cc1. The third-order valence-electron chi connectivity index (χ3n) is 7.28. The van der Waals surface area contributed by atoms with E-state index in [0.29, 0.717) is 12.3 Å². The second kappa shape index (κ2) is 10.0. The molecule has 0 radical (unpaired) electrons. The van der Waals surface area contributed by atoms with Crippen LogP contribution in [-0.4, -0.2) is 30.6 Å². The van der Waals surface area contributed by atoms with E-state index in [9.17, 15) is 4.79 Å². The molecule has 5 nitrogen and oxygen atoms in total. The van der Waals surface area contributed by atoms with Crippen LogP contribution < -0.4 is 15.0 Å². The number of fused-ring (bicyclic) bond motifs is 3. The van der Waals surface area contributed by atoms with Crippen LogP contribution in [0, 0.1) is 0 Å². The third-order valence-corrected chi connectivity index (χ3v) is 7.28. The van der Waals surface area contributed by atoms with Gasteiger partial charge in [-0.15, -0.1) is 0 Å². The summed E-state index contributed by atoms with van der Waals surface area (Å²) in [7, 11) is 0. The molecule has 0 spiro atoms. The first-order chi connectivity index (χ1) is 17.7. The number of carbonyl (C=O) groups is 1. The first kappa shape index (κ1) is 22.6. The zero-order chi connectivity index (χ0) is 24.3. The van der Waals surface area contributed by atoms with Crippen LogP contribution in [0.2, 0.25) is 0 Å². The summed E-state index contributed by atoms with van der Waals surface area (Å²) in [4.78, 5) is 17.6. The molecule has 1 saturated heterocycles. The highest BCUT2D eigenvalue weighted by atomic mass is 16.5. The Bertz CT molecular complexity index is 1360. The Kier molecular flexibility index (Phi) is 6.31. The van der Waals surface area contributed by atoms with E-state index in [-0.39, 0.29) is 5.91 Å². The van der Waals surface area contributed by atoms with E-state index in [1.54, 1.807) is 0 Å². The van der Waals surface area contributed by atoms with Crippen molar-refractivity contribution in [3.8, 4) is 5.75 Å². The van der Waals surface area contributed by atoms with Crippen molar-refractivity contribution in [2.75, 3.05) is 30.0 Å². The molecular formula is C31H31N3O2. The molecule has 2 aliphatic rings. The van der Waals surface area contributed by atoms with Crippen LogP contribution >= 0.6 is 0 Å². The Labute approximate surface area is 212 Å². The van der Waals surface area contributed by atoms with Crippen molar-refractivity contribution in [3.05, 3.63) is 102 Å². The monoisotopic (exact) mass is 477 g/mol. The maximum atomic E-state index is 12.9. The lowest BCUT2D eigenvalue weighted by Crippen LogP contribution is -2.32. The van der Waals surface area contributed by atoms with Gasteiger partial charge in [0.15, 0.2) is 6.73 Å². The van der Waals surface area contributed by atoms with Crippen molar-refractivity contribution in [2.24, 2.45) is 0 Å². The van der Waals surface area contributed by atoms with Crippen molar-refractivity contribution in [3.63, 3.8) is 0 Å². The predicted molar refractivity (Wildman–Crippen MR) is 146 cm³/mol. The number of nitrogens with one attached hydrogen (secondary N) is 1. The second-order valence-corrected chi connectivity index (χ2v) is 9.77. The van der Waals surface area contributed by atoms with E-state index in [1.807, 2.05) is 36.4 Å². The Balaban J connectivity index is 1.10. The topological polar surface area (TPSA) is 44.8 Å². The summed E-state index contributed by atoms with van der Waals surface area (Å²) in [5.74, 6) is 0.847. The smallest absolute Gasteiger partial charge is 0.255 e. The molecule has 4 aromatic rings. The molecule has 1 fully saturated rings. The minimum atomic E-state index is -0.100. The molecule has 1 amide bonds. The molecule has 4 aromatic carbocycles. The number of amides is 1. The molecule has 1 N–H and O–H groups in total. The summed E-state index contributed by atoms with van der Waals surface area (Å²) in [5, 5.41) is 5.47. The van der Waals surface area contributed by atoms with Crippen LogP contribution in [-0.2, 0) is 13.1 Å². The van der Waals surface area contributed by atoms with E-state index < -0.39 is 0 Å². The van der Waals surface area contributed by atoms with Gasteiger partial charge in [0.25, 0.3) is 5.91 Å². The van der Waals surface area contributed by atoms with Gasteiger partial charge < -0.3 is 15.0 Å². The average Bonchev–Trinajstić information content (AvgIpc) is 2.94. The number of hydrogen-bond donors (Lipinski definition) is 1. The Hall–Kier alpha value is -3.83. The van der Waals surface area contributed by atoms with E-state index in [0.717, 1.165) is 30.2 Å². The van der Waals surface area contributed by atoms with E-state index in [2.05, 4.69) is 63.6 Å². The summed E-state index contributed by atoms with van der Waals surface area (Å²) in [6.07, 6.45) is 3.93. The fourth-order valence-electron chi connectivity index (χ4n) is 5.26. The predicted octanol–water partition coefficient (Wildman–Crippen LogP) is 6.43. The lowest BCUT2D eigenvalue weighted by atomic mass is 10.0. The number of benzene rings is 4. The molecule has 0 atom stereocenters. The largest absolute Gasteiger partial charge is 0.473 e. The van der Waals surface area contributed by atoms with Gasteiger partial charge in [-0.3, -0.25) is 9.69 Å². The van der Waals surface area contributed by atoms with Crippen LogP contribution in [0.4, 0.5) is 11.4 Å². The van der Waals surface area contributed by atoms with Crippen LogP contribution in [0.5, 0.6) is 5.75 Å². The van der Waals surface area contributed by atoms with Crippen molar-refractivity contribution < 1.29 is 9.53 Å². The lowest BCUT2D eigenvalue weighted by Gasteiger charge is -2.31. The van der Waals surface area contributed by atoms with E-state index in [1.165, 1.54) is 54.3 Å². The highest BCUT2D eigenvalue weighted by molar-refractivity contribution is 6.04. The van der Waals surface area contributed by atoms with Crippen molar-refractivity contribution >= 4 is 28.1 Å². The van der Waals surface area contributed by atoms with Gasteiger partial charge in [0.1, 0.15) is 5.75 Å². The molecule has 2 aliphatic heterocycles. The van der Waals surface area contributed by atoms with Crippen molar-refractivity contribution in [2.45, 2.75) is 32.4 Å². The van der Waals surface area contributed by atoms with Gasteiger partial charge in [0.2, 0.25) is 0 Å². The van der Waals surface area contributed by atoms with Crippen LogP contribution in [0.15, 0.2) is 84.9 Å². The van der Waals surface area contributed by atoms with Crippen LogP contribution in [0.25, 0.3) is 10.8 Å². The van der Waals surface area contributed by atoms with Gasteiger partial charge in [-0.1, -0.05) is 48.9 Å². The number of carbonyl (C=O) groups excluding carboxylic acids is 1. The minimum absolute atomic E-state index is 0.100. The summed E-state index contributed by atoms with van der Waals surface area (Å²) in [6.45, 7) is 4.60. The quantitative estimate of drug-likeness (QED) is 0.360. The average molecular weight is 478 g/mol. The van der Waals surface area contributed by atoms with Crippen LogP contribution in [0.1, 0.15) is 40.7 Å². The maximum absolute atomic E-state index is 12.9. The van der Waals surface area contributed by atoms with Crippen molar-refractivity contribution in [1.29, 1.82) is 0 Å². The highest BCUT2D eigenvalue weighted by Crippen LogP contribution is 2.34. The van der Waals surface area contributed by atoms with Gasteiger partial charge in [0.05, 0.1) is 6.54 Å². The zero-order valence-electron chi connectivity index (χ0n) is 20.5. The van der Waals surface area contributed by atoms with E-state index >= 15 is 0 Å². The van der Waals surface area contributed by atoms with Gasteiger partial charge >= 0.3 is 0 Å². The summed E-state index contributed by atoms with van der Waals surface area (Å²) < 4.78 is 6.06. The first-order valence-corrected chi connectivity index (χ1v) is 12.8. The lowest BCUT2D eigenvalue weighted by molar-refractivity contribution is 0.102. The standard InChI is InChI=1S/C31H31N3O2/c35-31(32-26-13-8-23(9-14-26)20-33-18-4-1-5-19-33)25-10-15-27(16-11-25)34-21-29-28-7-3-2-6-24(28)12-17-30(29)36-22-34/h2-3,6-17H,1,4-5,18-22H2,(H,32,35). The number of ether oxygens (including phenoxy) is 1. The first-order valence-electron chi connectivity index (χ1n) is 12.8. The Morgan fingerprint density at radius 2 is 1.61 bits per heavy atom. The fourth-order valence-corrected chi connectivity index (χ4v) is 5.26. The molecule has 36 heavy (non-hydrogen) atoms. The highest BCUT2D eigenvalue weighted by Gasteiger charge is 2.20. The molecular weight excluding hydrogens is 446 g/mol. The molecule has 0 saturated carbocycles. The number of likely N-dealkylation sites (tertiary alicyclic amines) is 1. The normalized spacial score (nSPS) is 15.8. The van der Waals surface area contributed by atoms with Crippen molar-refractivity contribution in [1.82, 2.24) is 4.90 Å². The summed E-state index contributed by atoms with van der Waals surface area (Å²) >= 11 is 0. The number of nitrogens with zero attached hydrogens (tertiary/aromatic N) is 2. The van der Waals surface area contributed by atoms with E-state index in [4.69, 9.17) is 4.74 Å². The molecule has 6 rings (SSSR count). The Morgan fingerprint density at radius 1 is 0.833 bits per heavy atom. The molecule has 0 bridgehead atoms. The van der Waals surface area contributed by atoms with Crippen LogP contribution in [0.3, 0.4) is 0 Å². The zero-order valence-corrected chi connectivity index (χ0v) is 20.5. The van der Waals surface area contributed by atoms with Gasteiger partial charge in [-0.25, -0.2) is 0 Å². The maximum Gasteiger partial charge on any atom is 0.255 e. The number of piperidine rings is 1. The van der Waals surface area contributed by atoms with Gasteiger partial charge in [-0.2, -0.15) is 0 Å².